The van der Waals surface area contributed by atoms with E-state index in [0.29, 0.717) is 0 Å². The van der Waals surface area contributed by atoms with Gasteiger partial charge in [0.15, 0.2) is 5.79 Å². The van der Waals surface area contributed by atoms with Crippen molar-refractivity contribution in [2.75, 3.05) is 11.9 Å². The molecule has 0 aliphatic rings. The Balaban J connectivity index is 3.37. The van der Waals surface area contributed by atoms with Crippen LogP contribution in [0.1, 0.15) is 6.92 Å². The Bertz CT molecular complexity index is 65.1. The van der Waals surface area contributed by atoms with Gasteiger partial charge in [-0.15, -0.1) is 11.6 Å². The van der Waals surface area contributed by atoms with Gasteiger partial charge in [-0.1, -0.05) is 11.6 Å². The SMILES string of the molecule is CC(O)(CCl)OCCl. The highest BCUT2D eigenvalue weighted by atomic mass is 35.5. The molecule has 0 amide bonds. The Morgan fingerprint density at radius 1 is 1.62 bits per heavy atom. The van der Waals surface area contributed by atoms with Crippen molar-refractivity contribution in [3.05, 3.63) is 0 Å². The van der Waals surface area contributed by atoms with Crippen LogP contribution in [0.4, 0.5) is 0 Å². The van der Waals surface area contributed by atoms with Crippen LogP contribution >= 0.6 is 23.2 Å². The molecule has 0 fully saturated rings. The van der Waals surface area contributed by atoms with Crippen LogP contribution in [0.3, 0.4) is 0 Å². The van der Waals surface area contributed by atoms with Crippen LogP contribution in [0, 0.1) is 0 Å². The van der Waals surface area contributed by atoms with E-state index in [1.54, 1.807) is 0 Å². The summed E-state index contributed by atoms with van der Waals surface area (Å²) < 4.78 is 4.57. The highest BCUT2D eigenvalue weighted by Gasteiger charge is 2.17. The molecule has 1 N–H and O–H groups in total. The molecular formula is C4H8Cl2O2. The molecule has 8 heavy (non-hydrogen) atoms. The van der Waals surface area contributed by atoms with Crippen molar-refractivity contribution in [2.24, 2.45) is 0 Å². The van der Waals surface area contributed by atoms with Gasteiger partial charge in [0.1, 0.15) is 6.07 Å². The summed E-state index contributed by atoms with van der Waals surface area (Å²) in [7, 11) is 0. The van der Waals surface area contributed by atoms with Gasteiger partial charge >= 0.3 is 0 Å². The molecule has 0 spiro atoms. The number of hydrogen-bond donors (Lipinski definition) is 1. The van der Waals surface area contributed by atoms with Crippen LogP contribution in [0.5, 0.6) is 0 Å². The maximum atomic E-state index is 8.88. The molecule has 0 saturated heterocycles. The van der Waals surface area contributed by atoms with E-state index in [9.17, 15) is 0 Å². The van der Waals surface area contributed by atoms with Crippen molar-refractivity contribution in [3.63, 3.8) is 0 Å². The first kappa shape index (κ1) is 8.50. The van der Waals surface area contributed by atoms with Crippen LogP contribution in [-0.4, -0.2) is 22.8 Å². The second-order valence-electron chi connectivity index (χ2n) is 1.56. The molecule has 0 heterocycles. The summed E-state index contributed by atoms with van der Waals surface area (Å²) in [5.41, 5.74) is 0. The normalized spacial score (nSPS) is 18.0. The Morgan fingerprint density at radius 2 is 2.12 bits per heavy atom. The number of hydrogen-bond acceptors (Lipinski definition) is 2. The second-order valence-corrected chi connectivity index (χ2v) is 2.05. The second kappa shape index (κ2) is 3.51. The summed E-state index contributed by atoms with van der Waals surface area (Å²) in [6.07, 6.45) is 0. The maximum Gasteiger partial charge on any atom is 0.177 e. The zero-order chi connectivity index (χ0) is 6.62. The van der Waals surface area contributed by atoms with E-state index in [-0.39, 0.29) is 11.9 Å². The fourth-order valence-electron chi connectivity index (χ4n) is 0.156. The van der Waals surface area contributed by atoms with E-state index < -0.39 is 5.79 Å². The first-order valence-corrected chi connectivity index (χ1v) is 3.17. The van der Waals surface area contributed by atoms with E-state index in [1.807, 2.05) is 0 Å². The number of ether oxygens (including phenoxy) is 1. The number of alkyl halides is 2. The molecule has 0 bridgehead atoms. The summed E-state index contributed by atoms with van der Waals surface area (Å²) in [6, 6.07) is -0.0419. The van der Waals surface area contributed by atoms with Crippen LogP contribution in [0.15, 0.2) is 0 Å². The molecule has 1 atom stereocenters. The Hall–Kier alpha value is 0.500. The van der Waals surface area contributed by atoms with Gasteiger partial charge in [-0.05, 0) is 6.92 Å². The van der Waals surface area contributed by atoms with Crippen LogP contribution in [0.25, 0.3) is 0 Å². The molecule has 0 aliphatic heterocycles. The van der Waals surface area contributed by atoms with Crippen LogP contribution in [-0.2, 0) is 4.74 Å². The Kier molecular flexibility index (Phi) is 3.73. The van der Waals surface area contributed by atoms with Gasteiger partial charge in [0, 0.05) is 0 Å². The monoisotopic (exact) mass is 158 g/mol. The molecular weight excluding hydrogens is 151 g/mol. The maximum absolute atomic E-state index is 8.88. The van der Waals surface area contributed by atoms with Gasteiger partial charge in [0.05, 0.1) is 5.88 Å². The number of rotatable bonds is 3. The third-order valence-electron chi connectivity index (χ3n) is 0.613. The van der Waals surface area contributed by atoms with Crippen molar-refractivity contribution >= 4 is 23.2 Å². The van der Waals surface area contributed by atoms with Crippen molar-refractivity contribution in [3.8, 4) is 0 Å². The standard InChI is InChI=1S/C4H8Cl2O2/c1-4(7,2-5)8-3-6/h7H,2-3H2,1H3. The topological polar surface area (TPSA) is 29.5 Å². The molecule has 50 valence electrons. The predicted molar refractivity (Wildman–Crippen MR) is 33.1 cm³/mol. The molecule has 0 saturated carbocycles. The van der Waals surface area contributed by atoms with Crippen molar-refractivity contribution in [1.82, 2.24) is 0 Å². The lowest BCUT2D eigenvalue weighted by Gasteiger charge is -2.17. The summed E-state index contributed by atoms with van der Waals surface area (Å²) in [5, 5.41) is 8.88. The van der Waals surface area contributed by atoms with Crippen molar-refractivity contribution in [1.29, 1.82) is 0 Å². The molecule has 0 aromatic heterocycles. The minimum absolute atomic E-state index is 0.0275. The predicted octanol–water partition coefficient (Wildman–Crippen LogP) is 1.15. The molecule has 0 rings (SSSR count). The highest BCUT2D eigenvalue weighted by molar-refractivity contribution is 6.18. The zero-order valence-corrected chi connectivity index (χ0v) is 6.04. The number of halogens is 2. The third-order valence-corrected chi connectivity index (χ3v) is 1.22. The zero-order valence-electron chi connectivity index (χ0n) is 4.53. The van der Waals surface area contributed by atoms with Gasteiger partial charge in [-0.2, -0.15) is 0 Å². The van der Waals surface area contributed by atoms with Crippen LogP contribution in [0.2, 0.25) is 0 Å². The smallest absolute Gasteiger partial charge is 0.177 e. The van der Waals surface area contributed by atoms with Gasteiger partial charge in [0.2, 0.25) is 0 Å². The molecule has 4 heteroatoms. The van der Waals surface area contributed by atoms with E-state index in [2.05, 4.69) is 4.74 Å². The van der Waals surface area contributed by atoms with Crippen molar-refractivity contribution in [2.45, 2.75) is 12.7 Å². The average molecular weight is 159 g/mol. The summed E-state index contributed by atoms with van der Waals surface area (Å²) in [4.78, 5) is 0. The van der Waals surface area contributed by atoms with Gasteiger partial charge in [-0.3, -0.25) is 0 Å². The molecule has 0 aromatic rings. The van der Waals surface area contributed by atoms with Crippen LogP contribution < -0.4 is 0 Å². The lowest BCUT2D eigenvalue weighted by atomic mass is 10.4. The van der Waals surface area contributed by atoms with E-state index in [0.717, 1.165) is 0 Å². The largest absolute Gasteiger partial charge is 0.365 e. The average Bonchev–Trinajstić information content (AvgIpc) is 1.67. The minimum atomic E-state index is -1.27. The Labute approximate surface area is 58.3 Å². The highest BCUT2D eigenvalue weighted by Crippen LogP contribution is 2.07. The summed E-state index contributed by atoms with van der Waals surface area (Å²) in [5.74, 6) is -1.25. The van der Waals surface area contributed by atoms with Crippen molar-refractivity contribution < 1.29 is 9.84 Å². The molecule has 0 aromatic carbocycles. The quantitative estimate of drug-likeness (QED) is 0.494. The van der Waals surface area contributed by atoms with Gasteiger partial charge in [0.25, 0.3) is 0 Å². The lowest BCUT2D eigenvalue weighted by Crippen LogP contribution is -2.29. The minimum Gasteiger partial charge on any atom is -0.365 e. The van der Waals surface area contributed by atoms with E-state index >= 15 is 0 Å². The number of aliphatic hydroxyl groups is 1. The fourth-order valence-corrected chi connectivity index (χ4v) is 0.468. The first-order valence-electron chi connectivity index (χ1n) is 2.10. The molecule has 1 unspecified atom stereocenters. The third kappa shape index (κ3) is 3.50. The van der Waals surface area contributed by atoms with Gasteiger partial charge < -0.3 is 9.84 Å². The first-order chi connectivity index (χ1) is 3.62. The van der Waals surface area contributed by atoms with E-state index in [1.165, 1.54) is 6.92 Å². The summed E-state index contributed by atoms with van der Waals surface area (Å²) >= 11 is 10.4. The molecule has 0 radical (unpaired) electrons. The van der Waals surface area contributed by atoms with Gasteiger partial charge in [-0.25, -0.2) is 0 Å². The molecule has 2 nitrogen and oxygen atoms in total. The van der Waals surface area contributed by atoms with E-state index in [4.69, 9.17) is 28.3 Å². The summed E-state index contributed by atoms with van der Waals surface area (Å²) in [6.45, 7) is 1.45. The molecule has 0 aliphatic carbocycles. The lowest BCUT2D eigenvalue weighted by molar-refractivity contribution is -0.159. The Morgan fingerprint density at radius 3 is 2.25 bits per heavy atom. The fraction of sp³-hybridized carbons (Fsp3) is 1.00.